The summed E-state index contributed by atoms with van der Waals surface area (Å²) in [6.07, 6.45) is 5.01. The lowest BCUT2D eigenvalue weighted by molar-refractivity contribution is 0.295. The molecule has 0 atom stereocenters. The lowest BCUT2D eigenvalue weighted by Crippen LogP contribution is -2.10. The lowest BCUT2D eigenvalue weighted by Gasteiger charge is -2.18. The summed E-state index contributed by atoms with van der Waals surface area (Å²) in [7, 11) is 0. The first-order valence-corrected chi connectivity index (χ1v) is 7.97. The maximum absolute atomic E-state index is 5.92. The van der Waals surface area contributed by atoms with Gasteiger partial charge in [-0.1, -0.05) is 12.1 Å². The van der Waals surface area contributed by atoms with Crippen molar-refractivity contribution in [3.8, 4) is 17.0 Å². The van der Waals surface area contributed by atoms with Crippen molar-refractivity contribution in [1.29, 1.82) is 0 Å². The fourth-order valence-electron chi connectivity index (χ4n) is 3.38. The number of benzene rings is 1. The van der Waals surface area contributed by atoms with E-state index >= 15 is 0 Å². The van der Waals surface area contributed by atoms with Crippen LogP contribution in [0.3, 0.4) is 0 Å². The summed E-state index contributed by atoms with van der Waals surface area (Å²) in [5, 5.41) is 0. The molecule has 0 spiro atoms. The number of fused-ring (bicyclic) bond motifs is 7. The lowest BCUT2D eigenvalue weighted by atomic mass is 10.0. The first-order chi connectivity index (χ1) is 9.92. The van der Waals surface area contributed by atoms with Gasteiger partial charge >= 0.3 is 0 Å². The molecule has 20 heavy (non-hydrogen) atoms. The Balaban J connectivity index is 1.82. The van der Waals surface area contributed by atoms with Crippen LogP contribution in [0.15, 0.2) is 24.3 Å². The molecule has 0 unspecified atom stereocenters. The molecule has 0 N–H and O–H groups in total. The number of thiazole rings is 1. The molecule has 100 valence electrons. The van der Waals surface area contributed by atoms with Gasteiger partial charge in [-0.3, -0.25) is 4.40 Å². The van der Waals surface area contributed by atoms with Gasteiger partial charge in [-0.25, -0.2) is 4.98 Å². The van der Waals surface area contributed by atoms with Crippen LogP contribution in [-0.2, 0) is 19.4 Å². The second-order valence-corrected chi connectivity index (χ2v) is 6.55. The van der Waals surface area contributed by atoms with Crippen LogP contribution in [0.5, 0.6) is 5.75 Å². The molecule has 4 heteroatoms. The minimum atomic E-state index is 0.636. The molecule has 0 fully saturated rings. The summed E-state index contributed by atoms with van der Waals surface area (Å²) in [5.41, 5.74) is 4.96. The Kier molecular flexibility index (Phi) is 2.10. The van der Waals surface area contributed by atoms with E-state index in [-0.39, 0.29) is 0 Å². The van der Waals surface area contributed by atoms with Gasteiger partial charge < -0.3 is 4.74 Å². The molecule has 3 heterocycles. The van der Waals surface area contributed by atoms with Crippen molar-refractivity contribution < 1.29 is 4.74 Å². The minimum Gasteiger partial charge on any atom is -0.487 e. The molecule has 2 aromatic heterocycles. The van der Waals surface area contributed by atoms with Gasteiger partial charge in [0.2, 0.25) is 0 Å². The van der Waals surface area contributed by atoms with E-state index in [1.165, 1.54) is 41.9 Å². The zero-order valence-electron chi connectivity index (χ0n) is 11.1. The molecule has 3 aromatic rings. The van der Waals surface area contributed by atoms with Gasteiger partial charge in [-0.2, -0.15) is 0 Å². The molecular weight excluding hydrogens is 268 g/mol. The molecule has 1 aromatic carbocycles. The second-order valence-electron chi connectivity index (χ2n) is 5.49. The molecule has 1 aliphatic heterocycles. The second kappa shape index (κ2) is 3.85. The van der Waals surface area contributed by atoms with Gasteiger partial charge in [0.15, 0.2) is 4.96 Å². The summed E-state index contributed by atoms with van der Waals surface area (Å²) in [6.45, 7) is 0.636. The maximum Gasteiger partial charge on any atom is 0.195 e. The molecule has 0 amide bonds. The van der Waals surface area contributed by atoms with Gasteiger partial charge in [0, 0.05) is 16.1 Å². The van der Waals surface area contributed by atoms with Crippen LogP contribution in [0.25, 0.3) is 16.2 Å². The highest BCUT2D eigenvalue weighted by Crippen LogP contribution is 2.40. The highest BCUT2D eigenvalue weighted by molar-refractivity contribution is 7.17. The van der Waals surface area contributed by atoms with Crippen molar-refractivity contribution in [1.82, 2.24) is 9.38 Å². The van der Waals surface area contributed by atoms with Gasteiger partial charge in [-0.05, 0) is 37.8 Å². The van der Waals surface area contributed by atoms with Crippen molar-refractivity contribution >= 4 is 16.3 Å². The fraction of sp³-hybridized carbons (Fsp3) is 0.312. The third-order valence-electron chi connectivity index (χ3n) is 4.32. The number of nitrogens with zero attached hydrogens (tertiary/aromatic N) is 2. The van der Waals surface area contributed by atoms with E-state index in [0.29, 0.717) is 6.61 Å². The predicted octanol–water partition coefficient (Wildman–Crippen LogP) is 3.83. The summed E-state index contributed by atoms with van der Waals surface area (Å²) in [6, 6.07) is 8.21. The summed E-state index contributed by atoms with van der Waals surface area (Å²) in [4.78, 5) is 7.57. The Hall–Kier alpha value is -1.81. The van der Waals surface area contributed by atoms with E-state index in [1.54, 1.807) is 0 Å². The Bertz CT molecular complexity index is 830. The third kappa shape index (κ3) is 1.32. The van der Waals surface area contributed by atoms with Crippen LogP contribution in [0, 0.1) is 0 Å². The van der Waals surface area contributed by atoms with Crippen LogP contribution >= 0.6 is 11.3 Å². The van der Waals surface area contributed by atoms with E-state index < -0.39 is 0 Å². The monoisotopic (exact) mass is 282 g/mol. The molecule has 0 bridgehead atoms. The first kappa shape index (κ1) is 10.9. The molecule has 0 radical (unpaired) electrons. The smallest absolute Gasteiger partial charge is 0.195 e. The number of hydrogen-bond donors (Lipinski definition) is 0. The average Bonchev–Trinajstić information content (AvgIpc) is 3.02. The number of aromatic nitrogens is 2. The summed E-state index contributed by atoms with van der Waals surface area (Å²) >= 11 is 1.86. The van der Waals surface area contributed by atoms with E-state index in [2.05, 4.69) is 16.5 Å². The topological polar surface area (TPSA) is 26.5 Å². The number of hydrogen-bond acceptors (Lipinski definition) is 3. The van der Waals surface area contributed by atoms with Crippen LogP contribution in [0.4, 0.5) is 0 Å². The van der Waals surface area contributed by atoms with E-state index in [0.717, 1.165) is 22.0 Å². The predicted molar refractivity (Wildman–Crippen MR) is 79.5 cm³/mol. The van der Waals surface area contributed by atoms with Crippen LogP contribution in [0.2, 0.25) is 0 Å². The maximum atomic E-state index is 5.92. The molecule has 2 aliphatic rings. The van der Waals surface area contributed by atoms with Gasteiger partial charge in [-0.15, -0.1) is 11.3 Å². The quantitative estimate of drug-likeness (QED) is 0.626. The average molecular weight is 282 g/mol. The number of ether oxygens (including phenoxy) is 1. The number of aryl methyl sites for hydroxylation is 2. The van der Waals surface area contributed by atoms with Gasteiger partial charge in [0.1, 0.15) is 18.1 Å². The van der Waals surface area contributed by atoms with Crippen molar-refractivity contribution in [2.24, 2.45) is 0 Å². The highest BCUT2D eigenvalue weighted by Gasteiger charge is 2.27. The van der Waals surface area contributed by atoms with Gasteiger partial charge in [0.25, 0.3) is 0 Å². The van der Waals surface area contributed by atoms with E-state index in [9.17, 15) is 0 Å². The molecule has 3 nitrogen and oxygen atoms in total. The first-order valence-electron chi connectivity index (χ1n) is 7.16. The van der Waals surface area contributed by atoms with E-state index in [1.807, 2.05) is 23.5 Å². The van der Waals surface area contributed by atoms with Crippen molar-refractivity contribution in [3.05, 3.63) is 40.5 Å². The minimum absolute atomic E-state index is 0.636. The Labute approximate surface area is 120 Å². The van der Waals surface area contributed by atoms with Crippen molar-refractivity contribution in [2.45, 2.75) is 32.3 Å². The zero-order chi connectivity index (χ0) is 13.1. The zero-order valence-corrected chi connectivity index (χ0v) is 11.9. The van der Waals surface area contributed by atoms with Gasteiger partial charge in [0.05, 0.1) is 5.69 Å². The Morgan fingerprint density at radius 3 is 3.00 bits per heavy atom. The summed E-state index contributed by atoms with van der Waals surface area (Å²) < 4.78 is 8.29. The molecule has 0 saturated heterocycles. The highest BCUT2D eigenvalue weighted by atomic mass is 32.1. The third-order valence-corrected chi connectivity index (χ3v) is 5.46. The SMILES string of the molecule is c1ccc2c(c1)OCc1c-2nc2sc3c(n12)CCCC3. The molecule has 0 saturated carbocycles. The largest absolute Gasteiger partial charge is 0.487 e. The van der Waals surface area contributed by atoms with Crippen LogP contribution in [-0.4, -0.2) is 9.38 Å². The van der Waals surface area contributed by atoms with Crippen LogP contribution in [0.1, 0.15) is 29.1 Å². The molecule has 1 aliphatic carbocycles. The van der Waals surface area contributed by atoms with Crippen molar-refractivity contribution in [3.63, 3.8) is 0 Å². The molecular formula is C16H14N2OS. The number of imidazole rings is 1. The van der Waals surface area contributed by atoms with Crippen LogP contribution < -0.4 is 4.74 Å². The van der Waals surface area contributed by atoms with E-state index in [4.69, 9.17) is 9.72 Å². The normalized spacial score (nSPS) is 16.4. The van der Waals surface area contributed by atoms with Crippen molar-refractivity contribution in [2.75, 3.05) is 0 Å². The Morgan fingerprint density at radius 1 is 1.10 bits per heavy atom. The molecule has 5 rings (SSSR count). The number of para-hydroxylation sites is 1. The Morgan fingerprint density at radius 2 is 2.00 bits per heavy atom. The summed E-state index contributed by atoms with van der Waals surface area (Å²) in [5.74, 6) is 0.958. The number of rotatable bonds is 0. The standard InChI is InChI=1S/C16H14N2OS/c1-3-7-13-10(5-1)15-12(9-19-13)18-11-6-2-4-8-14(11)20-16(18)17-15/h1,3,5,7H,2,4,6,8-9H2. The fourth-order valence-corrected chi connectivity index (χ4v) is 4.61.